The second kappa shape index (κ2) is 6.25. The molecule has 122 valence electrons. The molecule has 0 bridgehead atoms. The SMILES string of the molecule is COC(=O)c1cc(NS(=O)(=O)c2ccc(C)cc2)c(O)cc1F. The van der Waals surface area contributed by atoms with Crippen LogP contribution < -0.4 is 4.72 Å². The summed E-state index contributed by atoms with van der Waals surface area (Å²) in [6.45, 7) is 1.80. The Balaban J connectivity index is 2.43. The van der Waals surface area contributed by atoms with E-state index in [4.69, 9.17) is 0 Å². The Morgan fingerprint density at radius 1 is 1.22 bits per heavy atom. The third kappa shape index (κ3) is 3.59. The third-order valence-corrected chi connectivity index (χ3v) is 4.45. The minimum atomic E-state index is -4.00. The van der Waals surface area contributed by atoms with E-state index < -0.39 is 33.1 Å². The number of carbonyl (C=O) groups is 1. The van der Waals surface area contributed by atoms with Crippen LogP contribution in [-0.2, 0) is 14.8 Å². The average Bonchev–Trinajstić information content (AvgIpc) is 2.49. The molecule has 2 aromatic rings. The summed E-state index contributed by atoms with van der Waals surface area (Å²) in [6.07, 6.45) is 0. The van der Waals surface area contributed by atoms with Crippen molar-refractivity contribution in [3.63, 3.8) is 0 Å². The van der Waals surface area contributed by atoms with Gasteiger partial charge < -0.3 is 9.84 Å². The number of rotatable bonds is 4. The summed E-state index contributed by atoms with van der Waals surface area (Å²) in [5.74, 6) is -2.66. The van der Waals surface area contributed by atoms with Crippen molar-refractivity contribution < 1.29 is 27.4 Å². The summed E-state index contributed by atoms with van der Waals surface area (Å²) in [4.78, 5) is 11.4. The second-order valence-electron chi connectivity index (χ2n) is 4.76. The van der Waals surface area contributed by atoms with Gasteiger partial charge in [-0.1, -0.05) is 17.7 Å². The number of halogens is 1. The molecule has 0 saturated carbocycles. The standard InChI is InChI=1S/C15H14FNO5S/c1-9-3-5-10(6-4-9)23(20,21)17-13-7-11(15(19)22-2)12(16)8-14(13)18/h3-8,17-18H,1-2H3. The summed E-state index contributed by atoms with van der Waals surface area (Å²) in [5, 5.41) is 9.71. The lowest BCUT2D eigenvalue weighted by Crippen LogP contribution is -2.14. The van der Waals surface area contributed by atoms with Gasteiger partial charge in [0.1, 0.15) is 11.6 Å². The van der Waals surface area contributed by atoms with Gasteiger partial charge in [0, 0.05) is 6.07 Å². The largest absolute Gasteiger partial charge is 0.506 e. The molecule has 23 heavy (non-hydrogen) atoms. The molecule has 2 aromatic carbocycles. The highest BCUT2D eigenvalue weighted by Crippen LogP contribution is 2.29. The first kappa shape index (κ1) is 16.8. The molecule has 6 nitrogen and oxygen atoms in total. The number of benzene rings is 2. The van der Waals surface area contributed by atoms with Gasteiger partial charge in [0.05, 0.1) is 23.3 Å². The lowest BCUT2D eigenvalue weighted by molar-refractivity contribution is 0.0595. The fourth-order valence-electron chi connectivity index (χ4n) is 1.83. The van der Waals surface area contributed by atoms with E-state index in [-0.39, 0.29) is 10.6 Å². The van der Waals surface area contributed by atoms with E-state index in [1.807, 2.05) is 0 Å². The highest BCUT2D eigenvalue weighted by atomic mass is 32.2. The Bertz CT molecular complexity index is 847. The van der Waals surface area contributed by atoms with Crippen LogP contribution in [0, 0.1) is 12.7 Å². The smallest absolute Gasteiger partial charge is 0.340 e. The van der Waals surface area contributed by atoms with Crippen molar-refractivity contribution in [1.82, 2.24) is 0 Å². The molecule has 0 atom stereocenters. The van der Waals surface area contributed by atoms with Gasteiger partial charge in [-0.2, -0.15) is 0 Å². The van der Waals surface area contributed by atoms with Gasteiger partial charge >= 0.3 is 5.97 Å². The molecule has 2 rings (SSSR count). The van der Waals surface area contributed by atoms with Crippen molar-refractivity contribution in [2.24, 2.45) is 0 Å². The quantitative estimate of drug-likeness (QED) is 0.659. The van der Waals surface area contributed by atoms with Crippen LogP contribution in [0.1, 0.15) is 15.9 Å². The van der Waals surface area contributed by atoms with Crippen LogP contribution in [0.3, 0.4) is 0 Å². The molecule has 0 aliphatic rings. The molecule has 8 heteroatoms. The number of aromatic hydroxyl groups is 1. The second-order valence-corrected chi connectivity index (χ2v) is 6.44. The van der Waals surface area contributed by atoms with Gasteiger partial charge in [-0.05, 0) is 25.1 Å². The zero-order valence-electron chi connectivity index (χ0n) is 12.3. The molecule has 0 saturated heterocycles. The highest BCUT2D eigenvalue weighted by Gasteiger charge is 2.20. The summed E-state index contributed by atoms with van der Waals surface area (Å²) in [6, 6.07) is 7.51. The summed E-state index contributed by atoms with van der Waals surface area (Å²) in [7, 11) is -2.94. The summed E-state index contributed by atoms with van der Waals surface area (Å²) >= 11 is 0. The maximum Gasteiger partial charge on any atom is 0.340 e. The Morgan fingerprint density at radius 2 is 1.83 bits per heavy atom. The van der Waals surface area contributed by atoms with Crippen LogP contribution in [0.5, 0.6) is 5.75 Å². The Hall–Kier alpha value is -2.61. The monoisotopic (exact) mass is 339 g/mol. The number of anilines is 1. The Morgan fingerprint density at radius 3 is 2.39 bits per heavy atom. The predicted octanol–water partition coefficient (Wildman–Crippen LogP) is 2.43. The maximum atomic E-state index is 13.6. The number of esters is 1. The zero-order chi connectivity index (χ0) is 17.2. The molecule has 0 unspecified atom stereocenters. The number of nitrogens with one attached hydrogen (secondary N) is 1. The molecule has 0 fully saturated rings. The molecule has 0 aliphatic carbocycles. The molecule has 0 aliphatic heterocycles. The minimum absolute atomic E-state index is 0.0357. The molecule has 2 N–H and O–H groups in total. The number of ether oxygens (including phenoxy) is 1. The molecule has 0 spiro atoms. The van der Waals surface area contributed by atoms with Gasteiger partial charge in [-0.3, -0.25) is 4.72 Å². The zero-order valence-corrected chi connectivity index (χ0v) is 13.1. The number of sulfonamides is 1. The molecule has 0 radical (unpaired) electrons. The first-order valence-corrected chi connectivity index (χ1v) is 7.93. The van der Waals surface area contributed by atoms with Crippen LogP contribution in [0.15, 0.2) is 41.3 Å². The van der Waals surface area contributed by atoms with Gasteiger partial charge in [-0.15, -0.1) is 0 Å². The van der Waals surface area contributed by atoms with Gasteiger partial charge in [0.2, 0.25) is 0 Å². The van der Waals surface area contributed by atoms with Crippen LogP contribution in [0.25, 0.3) is 0 Å². The molecular formula is C15H14FNO5S. The van der Waals surface area contributed by atoms with Gasteiger partial charge in [0.25, 0.3) is 10.0 Å². The van der Waals surface area contributed by atoms with Gasteiger partial charge in [-0.25, -0.2) is 17.6 Å². The lowest BCUT2D eigenvalue weighted by atomic mass is 10.2. The Kier molecular flexibility index (Phi) is 4.55. The summed E-state index contributed by atoms with van der Waals surface area (Å²) in [5.41, 5.74) is 0.0563. The summed E-state index contributed by atoms with van der Waals surface area (Å²) < 4.78 is 44.7. The number of hydrogen-bond acceptors (Lipinski definition) is 5. The fourth-order valence-corrected chi connectivity index (χ4v) is 2.90. The van der Waals surface area contributed by atoms with E-state index in [9.17, 15) is 22.7 Å². The van der Waals surface area contributed by atoms with E-state index in [1.165, 1.54) is 12.1 Å². The van der Waals surface area contributed by atoms with Crippen molar-refractivity contribution >= 4 is 21.7 Å². The maximum absolute atomic E-state index is 13.6. The lowest BCUT2D eigenvalue weighted by Gasteiger charge is -2.11. The van der Waals surface area contributed by atoms with Crippen molar-refractivity contribution in [2.45, 2.75) is 11.8 Å². The van der Waals surface area contributed by atoms with E-state index in [0.29, 0.717) is 6.07 Å². The van der Waals surface area contributed by atoms with Crippen molar-refractivity contribution in [2.75, 3.05) is 11.8 Å². The van der Waals surface area contributed by atoms with Crippen LogP contribution in [-0.4, -0.2) is 26.6 Å². The Labute approximate surface area is 132 Å². The number of phenolic OH excluding ortho intramolecular Hbond substituents is 1. The molecule has 0 aromatic heterocycles. The number of hydrogen-bond donors (Lipinski definition) is 2. The predicted molar refractivity (Wildman–Crippen MR) is 81.4 cm³/mol. The first-order chi connectivity index (χ1) is 10.7. The van der Waals surface area contributed by atoms with Crippen molar-refractivity contribution in [3.8, 4) is 5.75 Å². The third-order valence-electron chi connectivity index (χ3n) is 3.07. The van der Waals surface area contributed by atoms with Crippen LogP contribution in [0.2, 0.25) is 0 Å². The van der Waals surface area contributed by atoms with E-state index in [1.54, 1.807) is 19.1 Å². The minimum Gasteiger partial charge on any atom is -0.506 e. The number of methoxy groups -OCH3 is 1. The normalized spacial score (nSPS) is 11.1. The van der Waals surface area contributed by atoms with E-state index in [2.05, 4.69) is 9.46 Å². The fraction of sp³-hybridized carbons (Fsp3) is 0.133. The van der Waals surface area contributed by atoms with Crippen molar-refractivity contribution in [3.05, 3.63) is 53.3 Å². The molecule has 0 amide bonds. The molecular weight excluding hydrogens is 325 g/mol. The number of aryl methyl sites for hydroxylation is 1. The number of carbonyl (C=O) groups excluding carboxylic acids is 1. The van der Waals surface area contributed by atoms with Gasteiger partial charge in [0.15, 0.2) is 0 Å². The van der Waals surface area contributed by atoms with Crippen LogP contribution in [0.4, 0.5) is 10.1 Å². The first-order valence-electron chi connectivity index (χ1n) is 6.45. The van der Waals surface area contributed by atoms with Crippen LogP contribution >= 0.6 is 0 Å². The van der Waals surface area contributed by atoms with Crippen molar-refractivity contribution in [1.29, 1.82) is 0 Å². The highest BCUT2D eigenvalue weighted by molar-refractivity contribution is 7.92. The number of phenols is 1. The van der Waals surface area contributed by atoms with E-state index in [0.717, 1.165) is 18.7 Å². The van der Waals surface area contributed by atoms with E-state index >= 15 is 0 Å². The topological polar surface area (TPSA) is 92.7 Å². The molecule has 0 heterocycles. The average molecular weight is 339 g/mol.